The highest BCUT2D eigenvalue weighted by molar-refractivity contribution is 7.99. The molecule has 1 N–H and O–H groups in total. The molecule has 1 amide bonds. The van der Waals surface area contributed by atoms with Crippen LogP contribution in [0, 0.1) is 0 Å². The van der Waals surface area contributed by atoms with Crippen LogP contribution in [-0.4, -0.2) is 10.9 Å². The molecular formula is C22H19ClN2OS. The van der Waals surface area contributed by atoms with Crippen LogP contribution in [0.3, 0.4) is 0 Å². The quantitative estimate of drug-likeness (QED) is 0.617. The van der Waals surface area contributed by atoms with Gasteiger partial charge in [0.15, 0.2) is 0 Å². The van der Waals surface area contributed by atoms with Crippen molar-refractivity contribution in [2.24, 2.45) is 0 Å². The molecule has 1 aromatic heterocycles. The summed E-state index contributed by atoms with van der Waals surface area (Å²) >= 11 is 7.72. The van der Waals surface area contributed by atoms with Gasteiger partial charge in [-0.3, -0.25) is 9.78 Å². The Balaban J connectivity index is 1.62. The fourth-order valence-electron chi connectivity index (χ4n) is 3.44. The topological polar surface area (TPSA) is 42.0 Å². The summed E-state index contributed by atoms with van der Waals surface area (Å²) in [5, 5.41) is 3.92. The summed E-state index contributed by atoms with van der Waals surface area (Å²) in [6.07, 6.45) is 4.69. The monoisotopic (exact) mass is 394 g/mol. The predicted molar refractivity (Wildman–Crippen MR) is 109 cm³/mol. The highest BCUT2D eigenvalue weighted by atomic mass is 35.5. The molecule has 0 spiro atoms. The third-order valence-corrected chi connectivity index (χ3v) is 6.02. The van der Waals surface area contributed by atoms with Crippen LogP contribution in [0.1, 0.15) is 40.5 Å². The Bertz CT molecular complexity index is 944. The van der Waals surface area contributed by atoms with E-state index in [2.05, 4.69) is 28.5 Å². The van der Waals surface area contributed by atoms with Crippen LogP contribution in [0.15, 0.2) is 76.7 Å². The number of fused-ring (bicyclic) bond motifs is 1. The molecule has 0 fully saturated rings. The Kier molecular flexibility index (Phi) is 5.46. The van der Waals surface area contributed by atoms with Crippen LogP contribution in [-0.2, 0) is 6.42 Å². The maximum Gasteiger partial charge on any atom is 0.270 e. The van der Waals surface area contributed by atoms with Crippen molar-refractivity contribution in [3.8, 4) is 0 Å². The van der Waals surface area contributed by atoms with Crippen molar-refractivity contribution in [1.82, 2.24) is 10.3 Å². The maximum absolute atomic E-state index is 12.6. The molecule has 0 saturated heterocycles. The number of aromatic nitrogens is 1. The number of hydrogen-bond donors (Lipinski definition) is 1. The van der Waals surface area contributed by atoms with E-state index >= 15 is 0 Å². The highest BCUT2D eigenvalue weighted by Crippen LogP contribution is 2.40. The van der Waals surface area contributed by atoms with Crippen LogP contribution >= 0.6 is 23.4 Å². The van der Waals surface area contributed by atoms with E-state index in [1.165, 1.54) is 16.0 Å². The van der Waals surface area contributed by atoms with Crippen LogP contribution in [0.4, 0.5) is 0 Å². The first-order valence-corrected chi connectivity index (χ1v) is 10.2. The van der Waals surface area contributed by atoms with E-state index in [1.54, 1.807) is 24.0 Å². The number of aryl methyl sites for hydroxylation is 1. The van der Waals surface area contributed by atoms with Gasteiger partial charge < -0.3 is 5.32 Å². The van der Waals surface area contributed by atoms with Gasteiger partial charge in [0.25, 0.3) is 5.91 Å². The lowest BCUT2D eigenvalue weighted by Gasteiger charge is -2.28. The summed E-state index contributed by atoms with van der Waals surface area (Å²) in [5.74, 6) is -0.125. The van der Waals surface area contributed by atoms with Crippen LogP contribution in [0.2, 0.25) is 5.02 Å². The fraction of sp³-hybridized carbons (Fsp3) is 0.182. The number of carbonyl (C=O) groups excluding carboxylic acids is 1. The van der Waals surface area contributed by atoms with Crippen molar-refractivity contribution in [1.29, 1.82) is 0 Å². The van der Waals surface area contributed by atoms with Gasteiger partial charge in [-0.25, -0.2) is 0 Å². The van der Waals surface area contributed by atoms with Gasteiger partial charge in [-0.15, -0.1) is 0 Å². The van der Waals surface area contributed by atoms with Gasteiger partial charge in [0, 0.05) is 21.0 Å². The molecule has 1 unspecified atom stereocenters. The molecule has 1 aliphatic rings. The number of amides is 1. The number of hydrogen-bond acceptors (Lipinski definition) is 3. The SMILES string of the molecule is O=C(NC1CCCc2cccc(Sc3ccc(Cl)cc3)c21)c1ccccn1. The molecule has 0 saturated carbocycles. The van der Waals surface area contributed by atoms with Crippen molar-refractivity contribution in [2.75, 3.05) is 0 Å². The largest absolute Gasteiger partial charge is 0.344 e. The number of halogens is 1. The number of nitrogens with one attached hydrogen (secondary N) is 1. The molecule has 136 valence electrons. The number of carbonyl (C=O) groups is 1. The average molecular weight is 395 g/mol. The lowest BCUT2D eigenvalue weighted by atomic mass is 9.87. The standard InChI is InChI=1S/C22H19ClN2OS/c23-16-10-12-17(13-11-16)27-20-9-4-6-15-5-3-8-18(21(15)20)25-22(26)19-7-1-2-14-24-19/h1-2,4,6-7,9-14,18H,3,5,8H2,(H,25,26). The molecule has 1 aliphatic carbocycles. The summed E-state index contributed by atoms with van der Waals surface area (Å²) in [6, 6.07) is 19.6. The van der Waals surface area contributed by atoms with E-state index in [0.717, 1.165) is 29.2 Å². The minimum absolute atomic E-state index is 0.000689. The first-order chi connectivity index (χ1) is 13.2. The number of rotatable bonds is 4. The summed E-state index contributed by atoms with van der Waals surface area (Å²) in [7, 11) is 0. The Morgan fingerprint density at radius 1 is 1.07 bits per heavy atom. The molecular weight excluding hydrogens is 376 g/mol. The van der Waals surface area contributed by atoms with Gasteiger partial charge in [0.2, 0.25) is 0 Å². The third-order valence-electron chi connectivity index (χ3n) is 4.69. The van der Waals surface area contributed by atoms with Gasteiger partial charge in [0.1, 0.15) is 5.69 Å². The molecule has 27 heavy (non-hydrogen) atoms. The molecule has 0 radical (unpaired) electrons. The van der Waals surface area contributed by atoms with Crippen molar-refractivity contribution >= 4 is 29.3 Å². The zero-order valence-corrected chi connectivity index (χ0v) is 16.3. The highest BCUT2D eigenvalue weighted by Gasteiger charge is 2.25. The van der Waals surface area contributed by atoms with Crippen LogP contribution < -0.4 is 5.32 Å². The zero-order valence-electron chi connectivity index (χ0n) is 14.7. The van der Waals surface area contributed by atoms with Gasteiger partial charge in [-0.05, 0) is 72.9 Å². The second-order valence-corrected chi connectivity index (χ2v) is 8.07. The maximum atomic E-state index is 12.6. The van der Waals surface area contributed by atoms with Crippen molar-refractivity contribution in [3.05, 3.63) is 88.7 Å². The van der Waals surface area contributed by atoms with Crippen molar-refractivity contribution in [2.45, 2.75) is 35.1 Å². The van der Waals surface area contributed by atoms with Crippen LogP contribution in [0.25, 0.3) is 0 Å². The summed E-state index contributed by atoms with van der Waals surface area (Å²) in [5.41, 5.74) is 2.99. The van der Waals surface area contributed by atoms with Crippen LogP contribution in [0.5, 0.6) is 0 Å². The number of pyridine rings is 1. The molecule has 5 heteroatoms. The van der Waals surface area contributed by atoms with Crippen molar-refractivity contribution in [3.63, 3.8) is 0 Å². The molecule has 3 nitrogen and oxygen atoms in total. The van der Waals surface area contributed by atoms with E-state index in [0.29, 0.717) is 5.69 Å². The molecule has 1 atom stereocenters. The van der Waals surface area contributed by atoms with Gasteiger partial charge in [0.05, 0.1) is 6.04 Å². The molecule has 0 bridgehead atoms. The predicted octanol–water partition coefficient (Wildman–Crippen LogP) is 5.69. The summed E-state index contributed by atoms with van der Waals surface area (Å²) in [6.45, 7) is 0. The van der Waals surface area contributed by atoms with E-state index in [-0.39, 0.29) is 11.9 Å². The lowest BCUT2D eigenvalue weighted by molar-refractivity contribution is 0.0927. The van der Waals surface area contributed by atoms with E-state index in [4.69, 9.17) is 11.6 Å². The first kappa shape index (κ1) is 18.1. The number of nitrogens with zero attached hydrogens (tertiary/aromatic N) is 1. The Labute approximate surface area is 168 Å². The second kappa shape index (κ2) is 8.15. The molecule has 3 aromatic rings. The second-order valence-electron chi connectivity index (χ2n) is 6.52. The summed E-state index contributed by atoms with van der Waals surface area (Å²) < 4.78 is 0. The van der Waals surface area contributed by atoms with Gasteiger partial charge in [-0.1, -0.05) is 41.6 Å². The van der Waals surface area contributed by atoms with Gasteiger partial charge >= 0.3 is 0 Å². The van der Waals surface area contributed by atoms with E-state index in [1.807, 2.05) is 36.4 Å². The third kappa shape index (κ3) is 4.18. The summed E-state index contributed by atoms with van der Waals surface area (Å²) in [4.78, 5) is 19.1. The van der Waals surface area contributed by atoms with Gasteiger partial charge in [-0.2, -0.15) is 0 Å². The van der Waals surface area contributed by atoms with E-state index < -0.39 is 0 Å². The minimum atomic E-state index is -0.125. The normalized spacial score (nSPS) is 15.8. The smallest absolute Gasteiger partial charge is 0.270 e. The Morgan fingerprint density at radius 2 is 1.93 bits per heavy atom. The molecule has 0 aliphatic heterocycles. The average Bonchev–Trinajstić information content (AvgIpc) is 2.70. The minimum Gasteiger partial charge on any atom is -0.344 e. The Morgan fingerprint density at radius 3 is 2.70 bits per heavy atom. The zero-order chi connectivity index (χ0) is 18.6. The fourth-order valence-corrected chi connectivity index (χ4v) is 4.62. The molecule has 1 heterocycles. The molecule has 2 aromatic carbocycles. The van der Waals surface area contributed by atoms with Crippen molar-refractivity contribution < 1.29 is 4.79 Å². The first-order valence-electron chi connectivity index (χ1n) is 8.98. The number of benzene rings is 2. The Hall–Kier alpha value is -2.30. The lowest BCUT2D eigenvalue weighted by Crippen LogP contribution is -2.31. The molecule has 4 rings (SSSR count). The van der Waals surface area contributed by atoms with E-state index in [9.17, 15) is 4.79 Å².